The first kappa shape index (κ1) is 14.4. The number of hydrogen-bond donors (Lipinski definition) is 2. The second kappa shape index (κ2) is 7.69. The summed E-state index contributed by atoms with van der Waals surface area (Å²) in [4.78, 5) is 22.6. The Hall–Kier alpha value is -1.57. The van der Waals surface area contributed by atoms with Gasteiger partial charge in [0.15, 0.2) is 0 Å². The summed E-state index contributed by atoms with van der Waals surface area (Å²) in [6, 6.07) is 1.88. The third-order valence-corrected chi connectivity index (χ3v) is 2.01. The molecule has 2 N–H and O–H groups in total. The van der Waals surface area contributed by atoms with Crippen molar-refractivity contribution in [1.82, 2.24) is 10.6 Å². The van der Waals surface area contributed by atoms with Gasteiger partial charge in [-0.1, -0.05) is 20.8 Å². The molecular formula is C11H19N3O2. The zero-order chi connectivity index (χ0) is 12.6. The van der Waals surface area contributed by atoms with Gasteiger partial charge in [-0.15, -0.1) is 0 Å². The molecule has 0 aliphatic rings. The number of amides is 2. The van der Waals surface area contributed by atoms with Crippen LogP contribution in [0, 0.1) is 23.2 Å². The average Bonchev–Trinajstić information content (AvgIpc) is 2.25. The van der Waals surface area contributed by atoms with E-state index in [1.807, 2.05) is 19.9 Å². The van der Waals surface area contributed by atoms with Gasteiger partial charge in [-0.25, -0.2) is 0 Å². The molecule has 16 heavy (non-hydrogen) atoms. The minimum absolute atomic E-state index is 0.0657. The molecule has 0 spiro atoms. The Kier molecular flexibility index (Phi) is 6.93. The Morgan fingerprint density at radius 2 is 1.94 bits per heavy atom. The van der Waals surface area contributed by atoms with Crippen LogP contribution < -0.4 is 10.6 Å². The maximum absolute atomic E-state index is 11.3. The zero-order valence-corrected chi connectivity index (χ0v) is 10.0. The van der Waals surface area contributed by atoms with Crippen molar-refractivity contribution >= 4 is 11.8 Å². The molecule has 0 aromatic carbocycles. The smallest absolute Gasteiger partial charge is 0.239 e. The van der Waals surface area contributed by atoms with Gasteiger partial charge in [0.25, 0.3) is 0 Å². The van der Waals surface area contributed by atoms with Crippen LogP contribution in [-0.4, -0.2) is 24.9 Å². The van der Waals surface area contributed by atoms with Gasteiger partial charge >= 0.3 is 0 Å². The van der Waals surface area contributed by atoms with E-state index in [1.54, 1.807) is 6.92 Å². The van der Waals surface area contributed by atoms with Crippen LogP contribution in [0.25, 0.3) is 0 Å². The predicted octanol–water partition coefficient (Wildman–Crippen LogP) is 0.425. The highest BCUT2D eigenvalue weighted by molar-refractivity contribution is 5.86. The van der Waals surface area contributed by atoms with Gasteiger partial charge in [-0.3, -0.25) is 9.59 Å². The fraction of sp³-hybridized carbons (Fsp3) is 0.727. The number of rotatable bonds is 6. The van der Waals surface area contributed by atoms with Crippen molar-refractivity contribution in [3.05, 3.63) is 0 Å². The average molecular weight is 225 g/mol. The van der Waals surface area contributed by atoms with Gasteiger partial charge in [-0.05, 0) is 12.3 Å². The summed E-state index contributed by atoms with van der Waals surface area (Å²) in [5, 5.41) is 13.7. The minimum Gasteiger partial charge on any atom is -0.354 e. The third-order valence-electron chi connectivity index (χ3n) is 2.01. The van der Waals surface area contributed by atoms with Crippen LogP contribution in [0.5, 0.6) is 0 Å². The van der Waals surface area contributed by atoms with E-state index in [-0.39, 0.29) is 18.4 Å². The number of hydrogen-bond acceptors (Lipinski definition) is 3. The Labute approximate surface area is 96.2 Å². The Morgan fingerprint density at radius 3 is 2.38 bits per heavy atom. The lowest BCUT2D eigenvalue weighted by Gasteiger charge is -2.10. The van der Waals surface area contributed by atoms with E-state index in [9.17, 15) is 9.59 Å². The van der Waals surface area contributed by atoms with Crippen molar-refractivity contribution in [2.75, 3.05) is 13.1 Å². The summed E-state index contributed by atoms with van der Waals surface area (Å²) in [6.07, 6.45) is 0.454. The fourth-order valence-corrected chi connectivity index (χ4v) is 1.01. The van der Waals surface area contributed by atoms with Crippen molar-refractivity contribution in [3.63, 3.8) is 0 Å². The first-order valence-corrected chi connectivity index (χ1v) is 5.45. The Bertz CT molecular complexity index is 281. The maximum atomic E-state index is 11.3. The number of nitriles is 1. The van der Waals surface area contributed by atoms with Crippen molar-refractivity contribution in [2.24, 2.45) is 11.8 Å². The van der Waals surface area contributed by atoms with Crippen LogP contribution in [-0.2, 0) is 9.59 Å². The molecule has 1 atom stereocenters. The normalized spacial score (nSPS) is 11.7. The molecule has 0 aromatic heterocycles. The van der Waals surface area contributed by atoms with E-state index in [0.29, 0.717) is 18.9 Å². The summed E-state index contributed by atoms with van der Waals surface area (Å²) >= 11 is 0. The molecule has 0 saturated heterocycles. The molecule has 0 radical (unpaired) electrons. The lowest BCUT2D eigenvalue weighted by molar-refractivity contribution is -0.127. The number of carbonyl (C=O) groups is 2. The van der Waals surface area contributed by atoms with E-state index in [1.165, 1.54) is 0 Å². The molecule has 0 aliphatic heterocycles. The number of nitrogens with zero attached hydrogens (tertiary/aromatic N) is 1. The van der Waals surface area contributed by atoms with E-state index in [2.05, 4.69) is 10.6 Å². The van der Waals surface area contributed by atoms with Crippen molar-refractivity contribution in [2.45, 2.75) is 27.2 Å². The highest BCUT2D eigenvalue weighted by atomic mass is 16.2. The second-order valence-electron chi connectivity index (χ2n) is 4.01. The molecule has 0 saturated carbocycles. The summed E-state index contributed by atoms with van der Waals surface area (Å²) in [6.45, 7) is 6.25. The first-order chi connectivity index (χ1) is 7.51. The molecule has 0 rings (SSSR count). The summed E-state index contributed by atoms with van der Waals surface area (Å²) < 4.78 is 0. The molecular weight excluding hydrogens is 206 g/mol. The lowest BCUT2D eigenvalue weighted by atomic mass is 10.1. The predicted molar refractivity (Wildman–Crippen MR) is 60.3 cm³/mol. The van der Waals surface area contributed by atoms with E-state index < -0.39 is 5.92 Å². The second-order valence-corrected chi connectivity index (χ2v) is 4.01. The fourth-order valence-electron chi connectivity index (χ4n) is 1.01. The van der Waals surface area contributed by atoms with Crippen LogP contribution in [0.2, 0.25) is 0 Å². The molecule has 1 unspecified atom stereocenters. The van der Waals surface area contributed by atoms with Gasteiger partial charge in [0.05, 0.1) is 12.6 Å². The summed E-state index contributed by atoms with van der Waals surface area (Å²) in [5.41, 5.74) is 0. The largest absolute Gasteiger partial charge is 0.354 e. The molecule has 0 heterocycles. The highest BCUT2D eigenvalue weighted by Crippen LogP contribution is 1.99. The number of nitrogens with one attached hydrogen (secondary N) is 2. The van der Waals surface area contributed by atoms with Crippen LogP contribution in [0.1, 0.15) is 27.2 Å². The van der Waals surface area contributed by atoms with Gasteiger partial charge in [-0.2, -0.15) is 5.26 Å². The van der Waals surface area contributed by atoms with Crippen LogP contribution in [0.3, 0.4) is 0 Å². The monoisotopic (exact) mass is 225 g/mol. The SMILES string of the molecule is CCC(C#N)C(=O)NCC(=O)NCC(C)C. The minimum atomic E-state index is -0.669. The first-order valence-electron chi connectivity index (χ1n) is 5.45. The van der Waals surface area contributed by atoms with Crippen molar-refractivity contribution in [1.29, 1.82) is 5.26 Å². The number of carbonyl (C=O) groups excluding carboxylic acids is 2. The molecule has 0 aromatic rings. The zero-order valence-electron chi connectivity index (χ0n) is 10.0. The van der Waals surface area contributed by atoms with Crippen molar-refractivity contribution < 1.29 is 9.59 Å². The molecule has 0 fully saturated rings. The molecule has 5 nitrogen and oxygen atoms in total. The maximum Gasteiger partial charge on any atom is 0.239 e. The lowest BCUT2D eigenvalue weighted by Crippen LogP contribution is -2.40. The van der Waals surface area contributed by atoms with Crippen LogP contribution >= 0.6 is 0 Å². The van der Waals surface area contributed by atoms with Gasteiger partial charge < -0.3 is 10.6 Å². The topological polar surface area (TPSA) is 82.0 Å². The van der Waals surface area contributed by atoms with E-state index >= 15 is 0 Å². The van der Waals surface area contributed by atoms with Gasteiger partial charge in [0, 0.05) is 6.54 Å². The van der Waals surface area contributed by atoms with Crippen LogP contribution in [0.15, 0.2) is 0 Å². The third kappa shape index (κ3) is 6.02. The van der Waals surface area contributed by atoms with E-state index in [4.69, 9.17) is 5.26 Å². The highest BCUT2D eigenvalue weighted by Gasteiger charge is 2.15. The Balaban J connectivity index is 3.84. The van der Waals surface area contributed by atoms with Crippen LogP contribution in [0.4, 0.5) is 0 Å². The molecule has 2 amide bonds. The molecule has 0 bridgehead atoms. The molecule has 90 valence electrons. The van der Waals surface area contributed by atoms with E-state index in [0.717, 1.165) is 0 Å². The summed E-state index contributed by atoms with van der Waals surface area (Å²) in [7, 11) is 0. The standard InChI is InChI=1S/C11H19N3O2/c1-4-9(5-12)11(16)14-7-10(15)13-6-8(2)3/h8-9H,4,6-7H2,1-3H3,(H,13,15)(H,14,16). The molecule has 0 aliphatic carbocycles. The summed E-state index contributed by atoms with van der Waals surface area (Å²) in [5.74, 6) is -0.903. The van der Waals surface area contributed by atoms with Gasteiger partial charge in [0.1, 0.15) is 5.92 Å². The quantitative estimate of drug-likeness (QED) is 0.687. The van der Waals surface area contributed by atoms with Gasteiger partial charge in [0.2, 0.25) is 11.8 Å². The van der Waals surface area contributed by atoms with Crippen molar-refractivity contribution in [3.8, 4) is 6.07 Å². The molecule has 5 heteroatoms. The Morgan fingerprint density at radius 1 is 1.31 bits per heavy atom.